The van der Waals surface area contributed by atoms with Crippen LogP contribution in [0.1, 0.15) is 82.7 Å². The third kappa shape index (κ3) is 12.7. The first-order valence-electron chi connectivity index (χ1n) is 13.9. The summed E-state index contributed by atoms with van der Waals surface area (Å²) in [5, 5.41) is 9.94. The van der Waals surface area contributed by atoms with Crippen LogP contribution < -0.4 is 10.5 Å². The molecule has 0 aliphatic heterocycles. The number of hydrogen-bond acceptors (Lipinski definition) is 6. The second-order valence-electron chi connectivity index (χ2n) is 9.61. The van der Waals surface area contributed by atoms with Crippen molar-refractivity contribution in [2.24, 2.45) is 5.73 Å². The van der Waals surface area contributed by atoms with Gasteiger partial charge in [0.15, 0.2) is 0 Å². The van der Waals surface area contributed by atoms with Gasteiger partial charge in [0.1, 0.15) is 11.4 Å². The Kier molecular flexibility index (Phi) is 15.9. The van der Waals surface area contributed by atoms with Crippen LogP contribution in [0.3, 0.4) is 0 Å². The Morgan fingerprint density at radius 3 is 2.42 bits per heavy atom. The Labute approximate surface area is 216 Å². The molecule has 204 valence electrons. The number of nitrogens with two attached hydrogens (primary N) is 1. The van der Waals surface area contributed by atoms with Gasteiger partial charge in [-0.3, -0.25) is 4.79 Å². The molecule has 0 unspecified atom stereocenters. The number of ether oxygens (including phenoxy) is 2. The van der Waals surface area contributed by atoms with E-state index >= 15 is 0 Å². The summed E-state index contributed by atoms with van der Waals surface area (Å²) in [6.07, 6.45) is 15.6. The number of carboxylic acids is 1. The molecule has 0 aliphatic carbocycles. The maximum Gasteiger partial charge on any atom is 0.303 e. The summed E-state index contributed by atoms with van der Waals surface area (Å²) in [6.45, 7) is 4.76. The Balaban J connectivity index is 1.73. The number of carboxylic acid groups (broad SMARTS) is 1. The lowest BCUT2D eigenvalue weighted by atomic mass is 10.1. The van der Waals surface area contributed by atoms with Gasteiger partial charge in [0.05, 0.1) is 18.6 Å². The normalized spacial score (nSPS) is 11.5. The molecule has 2 rings (SSSR count). The lowest BCUT2D eigenvalue weighted by Crippen LogP contribution is -2.30. The molecule has 2 aromatic heterocycles. The van der Waals surface area contributed by atoms with Crippen molar-refractivity contribution in [3.63, 3.8) is 0 Å². The van der Waals surface area contributed by atoms with Crippen molar-refractivity contribution < 1.29 is 19.4 Å². The summed E-state index contributed by atoms with van der Waals surface area (Å²) >= 11 is 0. The fourth-order valence-corrected chi connectivity index (χ4v) is 4.44. The number of fused-ring (bicyclic) bond motifs is 1. The van der Waals surface area contributed by atoms with E-state index in [0.29, 0.717) is 13.0 Å². The zero-order chi connectivity index (χ0) is 25.8. The number of pyridine rings is 1. The number of aromatic nitrogens is 2. The zero-order valence-electron chi connectivity index (χ0n) is 22.3. The highest BCUT2D eigenvalue weighted by Crippen LogP contribution is 2.26. The van der Waals surface area contributed by atoms with E-state index in [0.717, 1.165) is 87.4 Å². The van der Waals surface area contributed by atoms with E-state index in [2.05, 4.69) is 16.0 Å². The number of hydrogen-bond donors (Lipinski definition) is 3. The SMILES string of the molecule is COCCN(CCCCc1cc(OCCCCCCCCCCN)c2cc[nH]c2n1)CCCC(=O)O. The lowest BCUT2D eigenvalue weighted by Gasteiger charge is -2.21. The van der Waals surface area contributed by atoms with Gasteiger partial charge in [-0.05, 0) is 64.2 Å². The highest BCUT2D eigenvalue weighted by molar-refractivity contribution is 5.82. The van der Waals surface area contributed by atoms with Crippen molar-refractivity contribution in [3.05, 3.63) is 24.0 Å². The molecule has 2 heterocycles. The van der Waals surface area contributed by atoms with E-state index in [4.69, 9.17) is 25.3 Å². The monoisotopic (exact) mass is 504 g/mol. The predicted octanol–water partition coefficient (Wildman–Crippen LogP) is 5.16. The molecule has 0 saturated carbocycles. The summed E-state index contributed by atoms with van der Waals surface area (Å²) in [7, 11) is 1.70. The Bertz CT molecular complexity index is 842. The first kappa shape index (κ1) is 30.1. The minimum atomic E-state index is -0.737. The molecule has 8 nitrogen and oxygen atoms in total. The van der Waals surface area contributed by atoms with Crippen molar-refractivity contribution in [2.75, 3.05) is 46.5 Å². The van der Waals surface area contributed by atoms with Gasteiger partial charge >= 0.3 is 5.97 Å². The van der Waals surface area contributed by atoms with Crippen LogP contribution in [-0.2, 0) is 16.0 Å². The number of rotatable bonds is 23. The summed E-state index contributed by atoms with van der Waals surface area (Å²) in [4.78, 5) is 21.1. The van der Waals surface area contributed by atoms with Gasteiger partial charge in [-0.2, -0.15) is 0 Å². The molecule has 0 radical (unpaired) electrons. The summed E-state index contributed by atoms with van der Waals surface area (Å²) in [5.41, 5.74) is 7.48. The quantitative estimate of drug-likeness (QED) is 0.179. The van der Waals surface area contributed by atoms with E-state index in [1.807, 2.05) is 12.3 Å². The van der Waals surface area contributed by atoms with E-state index in [9.17, 15) is 4.79 Å². The molecule has 36 heavy (non-hydrogen) atoms. The minimum absolute atomic E-state index is 0.210. The van der Waals surface area contributed by atoms with E-state index < -0.39 is 5.97 Å². The van der Waals surface area contributed by atoms with Crippen LogP contribution in [-0.4, -0.2) is 72.4 Å². The second kappa shape index (κ2) is 19.0. The molecule has 0 bridgehead atoms. The summed E-state index contributed by atoms with van der Waals surface area (Å²) < 4.78 is 11.4. The van der Waals surface area contributed by atoms with Gasteiger partial charge in [-0.25, -0.2) is 4.98 Å². The van der Waals surface area contributed by atoms with E-state index in [-0.39, 0.29) is 6.42 Å². The van der Waals surface area contributed by atoms with Gasteiger partial charge < -0.3 is 30.2 Å². The number of methoxy groups -OCH3 is 1. The average molecular weight is 505 g/mol. The number of aliphatic carboxylic acids is 1. The zero-order valence-corrected chi connectivity index (χ0v) is 22.3. The van der Waals surface area contributed by atoms with Crippen molar-refractivity contribution in [3.8, 4) is 5.75 Å². The number of nitrogens with zero attached hydrogens (tertiary/aromatic N) is 2. The van der Waals surface area contributed by atoms with Crippen molar-refractivity contribution in [1.29, 1.82) is 0 Å². The highest BCUT2D eigenvalue weighted by Gasteiger charge is 2.10. The molecule has 0 aliphatic rings. The molecule has 0 amide bonds. The Morgan fingerprint density at radius 1 is 0.972 bits per heavy atom. The van der Waals surface area contributed by atoms with Gasteiger partial charge in [0, 0.05) is 38.0 Å². The lowest BCUT2D eigenvalue weighted by molar-refractivity contribution is -0.137. The molecular weight excluding hydrogens is 456 g/mol. The van der Waals surface area contributed by atoms with E-state index in [1.165, 1.54) is 38.5 Å². The number of unbranched alkanes of at least 4 members (excludes halogenated alkanes) is 8. The summed E-state index contributed by atoms with van der Waals surface area (Å²) in [5.74, 6) is 0.188. The van der Waals surface area contributed by atoms with Crippen LogP contribution in [0.15, 0.2) is 18.3 Å². The Hall–Kier alpha value is -2.16. The van der Waals surface area contributed by atoms with Crippen LogP contribution in [0, 0.1) is 0 Å². The number of nitrogens with one attached hydrogen (secondary N) is 1. The van der Waals surface area contributed by atoms with Crippen LogP contribution in [0.5, 0.6) is 5.75 Å². The molecule has 2 aromatic rings. The first-order valence-corrected chi connectivity index (χ1v) is 13.9. The van der Waals surface area contributed by atoms with Crippen LogP contribution in [0.4, 0.5) is 0 Å². The van der Waals surface area contributed by atoms with Crippen LogP contribution in [0.2, 0.25) is 0 Å². The molecule has 4 N–H and O–H groups in total. The minimum Gasteiger partial charge on any atom is -0.493 e. The number of aromatic amines is 1. The number of H-pyrrole nitrogens is 1. The third-order valence-electron chi connectivity index (χ3n) is 6.53. The van der Waals surface area contributed by atoms with Gasteiger partial charge in [0.25, 0.3) is 0 Å². The van der Waals surface area contributed by atoms with E-state index in [1.54, 1.807) is 7.11 Å². The second-order valence-corrected chi connectivity index (χ2v) is 9.61. The summed E-state index contributed by atoms with van der Waals surface area (Å²) in [6, 6.07) is 4.14. The van der Waals surface area contributed by atoms with Crippen LogP contribution >= 0.6 is 0 Å². The largest absolute Gasteiger partial charge is 0.493 e. The maximum atomic E-state index is 10.8. The fraction of sp³-hybridized carbons (Fsp3) is 0.714. The maximum absolute atomic E-state index is 10.8. The van der Waals surface area contributed by atoms with Crippen molar-refractivity contribution in [2.45, 2.75) is 83.5 Å². The average Bonchev–Trinajstić information content (AvgIpc) is 3.34. The van der Waals surface area contributed by atoms with Crippen molar-refractivity contribution >= 4 is 17.0 Å². The predicted molar refractivity (Wildman–Crippen MR) is 146 cm³/mol. The molecule has 0 spiro atoms. The molecular formula is C28H48N4O4. The molecule has 0 saturated heterocycles. The van der Waals surface area contributed by atoms with Gasteiger partial charge in [-0.1, -0.05) is 38.5 Å². The molecule has 0 atom stereocenters. The third-order valence-corrected chi connectivity index (χ3v) is 6.53. The smallest absolute Gasteiger partial charge is 0.303 e. The van der Waals surface area contributed by atoms with Gasteiger partial charge in [0.2, 0.25) is 0 Å². The Morgan fingerprint density at radius 2 is 1.69 bits per heavy atom. The highest BCUT2D eigenvalue weighted by atomic mass is 16.5. The molecule has 0 aromatic carbocycles. The standard InChI is InChI=1S/C28H48N4O4/c1-35-22-20-32(19-12-14-27(33)34)18-10-8-13-24-23-26(25-15-17-30-28(25)31-24)36-21-11-7-5-3-2-4-6-9-16-29/h15,17,23H,2-14,16,18-22,29H2,1H3,(H,30,31)(H,33,34). The molecule has 8 heteroatoms. The molecule has 0 fully saturated rings. The first-order chi connectivity index (χ1) is 17.6. The number of carbonyl (C=O) groups is 1. The van der Waals surface area contributed by atoms with Crippen LogP contribution in [0.25, 0.3) is 11.0 Å². The number of aryl methyl sites for hydroxylation is 1. The fourth-order valence-electron chi connectivity index (χ4n) is 4.44. The topological polar surface area (TPSA) is 114 Å². The van der Waals surface area contributed by atoms with Crippen molar-refractivity contribution in [1.82, 2.24) is 14.9 Å². The van der Waals surface area contributed by atoms with Gasteiger partial charge in [-0.15, -0.1) is 0 Å².